The molecule has 1 aromatic carbocycles. The molecule has 23 heavy (non-hydrogen) atoms. The SMILES string of the molecule is Cc1cc(SCC(=O)N2CCCC[C@H]2C)nc2c(C)cccc12. The molecule has 3 rings (SSSR count). The van der Waals surface area contributed by atoms with Crippen LogP contribution in [0.15, 0.2) is 29.3 Å². The maximum atomic E-state index is 12.5. The molecular weight excluding hydrogens is 304 g/mol. The van der Waals surface area contributed by atoms with E-state index in [1.54, 1.807) is 11.8 Å². The normalized spacial score (nSPS) is 18.4. The number of piperidine rings is 1. The number of thioether (sulfide) groups is 1. The van der Waals surface area contributed by atoms with Crippen LogP contribution in [-0.4, -0.2) is 34.1 Å². The van der Waals surface area contributed by atoms with E-state index in [9.17, 15) is 4.79 Å². The maximum Gasteiger partial charge on any atom is 0.233 e. The van der Waals surface area contributed by atoms with Crippen LogP contribution in [0.3, 0.4) is 0 Å². The number of likely N-dealkylation sites (tertiary alicyclic amines) is 1. The molecule has 1 fully saturated rings. The van der Waals surface area contributed by atoms with E-state index in [-0.39, 0.29) is 5.91 Å². The predicted octanol–water partition coefficient (Wildman–Crippen LogP) is 4.34. The number of carbonyl (C=O) groups is 1. The topological polar surface area (TPSA) is 33.2 Å². The predicted molar refractivity (Wildman–Crippen MR) is 97.0 cm³/mol. The van der Waals surface area contributed by atoms with E-state index in [1.165, 1.54) is 22.9 Å². The van der Waals surface area contributed by atoms with E-state index in [4.69, 9.17) is 4.98 Å². The van der Waals surface area contributed by atoms with Crippen LogP contribution in [0.5, 0.6) is 0 Å². The van der Waals surface area contributed by atoms with Crippen LogP contribution in [0.25, 0.3) is 10.9 Å². The smallest absolute Gasteiger partial charge is 0.233 e. The molecule has 0 saturated carbocycles. The number of para-hydroxylation sites is 1. The zero-order valence-corrected chi connectivity index (χ0v) is 14.9. The largest absolute Gasteiger partial charge is 0.339 e. The molecule has 0 N–H and O–H groups in total. The van der Waals surface area contributed by atoms with Crippen LogP contribution < -0.4 is 0 Å². The molecule has 3 nitrogen and oxygen atoms in total. The zero-order chi connectivity index (χ0) is 16.4. The summed E-state index contributed by atoms with van der Waals surface area (Å²) in [6.07, 6.45) is 3.50. The molecule has 1 aliphatic heterocycles. The third kappa shape index (κ3) is 3.52. The Kier molecular flexibility index (Phi) is 4.90. The monoisotopic (exact) mass is 328 g/mol. The first kappa shape index (κ1) is 16.3. The van der Waals surface area contributed by atoms with Gasteiger partial charge >= 0.3 is 0 Å². The fourth-order valence-corrected chi connectivity index (χ4v) is 4.15. The lowest BCUT2D eigenvalue weighted by molar-refractivity contribution is -0.131. The van der Waals surface area contributed by atoms with Crippen molar-refractivity contribution in [2.45, 2.75) is 51.1 Å². The molecule has 1 aromatic heterocycles. The Labute approximate surface area is 142 Å². The molecule has 0 spiro atoms. The van der Waals surface area contributed by atoms with E-state index in [0.29, 0.717) is 11.8 Å². The molecule has 0 aliphatic carbocycles. The van der Waals surface area contributed by atoms with Gasteiger partial charge in [0.25, 0.3) is 0 Å². The second kappa shape index (κ2) is 6.91. The number of benzene rings is 1. The lowest BCUT2D eigenvalue weighted by Crippen LogP contribution is -2.42. The summed E-state index contributed by atoms with van der Waals surface area (Å²) in [6.45, 7) is 7.26. The fourth-order valence-electron chi connectivity index (χ4n) is 3.29. The highest BCUT2D eigenvalue weighted by Crippen LogP contribution is 2.26. The summed E-state index contributed by atoms with van der Waals surface area (Å²) in [5.74, 6) is 0.722. The number of hydrogen-bond acceptors (Lipinski definition) is 3. The van der Waals surface area contributed by atoms with Gasteiger partial charge in [-0.25, -0.2) is 4.98 Å². The molecule has 0 radical (unpaired) electrons. The Balaban J connectivity index is 1.74. The maximum absolute atomic E-state index is 12.5. The Morgan fingerprint density at radius 2 is 2.13 bits per heavy atom. The fraction of sp³-hybridized carbons (Fsp3) is 0.474. The third-order valence-electron chi connectivity index (χ3n) is 4.69. The van der Waals surface area contributed by atoms with Crippen molar-refractivity contribution in [3.05, 3.63) is 35.4 Å². The van der Waals surface area contributed by atoms with E-state index in [1.807, 2.05) is 4.90 Å². The van der Waals surface area contributed by atoms with Crippen LogP contribution >= 0.6 is 11.8 Å². The average molecular weight is 328 g/mol. The Hall–Kier alpha value is -1.55. The molecule has 0 unspecified atom stereocenters. The van der Waals surface area contributed by atoms with Gasteiger partial charge in [-0.2, -0.15) is 0 Å². The van der Waals surface area contributed by atoms with Crippen molar-refractivity contribution in [2.75, 3.05) is 12.3 Å². The van der Waals surface area contributed by atoms with E-state index in [2.05, 4.69) is 45.0 Å². The number of pyridine rings is 1. The third-order valence-corrected chi connectivity index (χ3v) is 5.59. The summed E-state index contributed by atoms with van der Waals surface area (Å²) >= 11 is 1.56. The van der Waals surface area contributed by atoms with Crippen LogP contribution in [0, 0.1) is 13.8 Å². The number of fused-ring (bicyclic) bond motifs is 1. The minimum absolute atomic E-state index is 0.242. The average Bonchev–Trinajstić information content (AvgIpc) is 2.54. The van der Waals surface area contributed by atoms with Gasteiger partial charge in [-0.1, -0.05) is 30.0 Å². The summed E-state index contributed by atoms with van der Waals surface area (Å²) < 4.78 is 0. The lowest BCUT2D eigenvalue weighted by atomic mass is 10.0. The van der Waals surface area contributed by atoms with Crippen molar-refractivity contribution in [1.82, 2.24) is 9.88 Å². The van der Waals surface area contributed by atoms with Crippen molar-refractivity contribution in [2.24, 2.45) is 0 Å². The second-order valence-corrected chi connectivity index (χ2v) is 7.46. The van der Waals surface area contributed by atoms with Gasteiger partial charge < -0.3 is 4.90 Å². The van der Waals surface area contributed by atoms with Gasteiger partial charge in [-0.3, -0.25) is 4.79 Å². The summed E-state index contributed by atoms with van der Waals surface area (Å²) in [4.78, 5) is 19.3. The molecule has 4 heteroatoms. The number of nitrogens with zero attached hydrogens (tertiary/aromatic N) is 2. The van der Waals surface area contributed by atoms with Gasteiger partial charge in [0.2, 0.25) is 5.91 Å². The molecule has 2 aromatic rings. The van der Waals surface area contributed by atoms with Crippen LogP contribution in [-0.2, 0) is 4.79 Å². The Bertz CT molecular complexity index is 729. The number of aromatic nitrogens is 1. The van der Waals surface area contributed by atoms with Crippen molar-refractivity contribution in [3.63, 3.8) is 0 Å². The van der Waals surface area contributed by atoms with Gasteiger partial charge in [0, 0.05) is 18.0 Å². The van der Waals surface area contributed by atoms with Gasteiger partial charge in [-0.15, -0.1) is 0 Å². The van der Waals surface area contributed by atoms with Gasteiger partial charge in [0.15, 0.2) is 0 Å². The van der Waals surface area contributed by atoms with Crippen molar-refractivity contribution in [3.8, 4) is 0 Å². The molecule has 1 saturated heterocycles. The summed E-state index contributed by atoms with van der Waals surface area (Å²) in [5.41, 5.74) is 3.46. The number of carbonyl (C=O) groups excluding carboxylic acids is 1. The summed E-state index contributed by atoms with van der Waals surface area (Å²) in [7, 11) is 0. The van der Waals surface area contributed by atoms with Crippen LogP contribution in [0.4, 0.5) is 0 Å². The van der Waals surface area contributed by atoms with E-state index < -0.39 is 0 Å². The first-order chi connectivity index (χ1) is 11.1. The highest BCUT2D eigenvalue weighted by Gasteiger charge is 2.23. The van der Waals surface area contributed by atoms with Gasteiger partial charge in [-0.05, 0) is 57.2 Å². The van der Waals surface area contributed by atoms with Gasteiger partial charge in [0.05, 0.1) is 16.3 Å². The lowest BCUT2D eigenvalue weighted by Gasteiger charge is -2.33. The number of amides is 1. The standard InChI is InChI=1S/C19H24N2OS/c1-13-7-6-9-16-14(2)11-17(20-19(13)16)23-12-18(22)21-10-5-4-8-15(21)3/h6-7,9,11,15H,4-5,8,10,12H2,1-3H3/t15-/m1/s1. The molecule has 1 aliphatic rings. The minimum Gasteiger partial charge on any atom is -0.339 e. The molecule has 2 heterocycles. The highest BCUT2D eigenvalue weighted by molar-refractivity contribution is 7.99. The van der Waals surface area contributed by atoms with E-state index >= 15 is 0 Å². The van der Waals surface area contributed by atoms with Crippen LogP contribution in [0.1, 0.15) is 37.3 Å². The second-order valence-electron chi connectivity index (χ2n) is 6.47. The first-order valence-corrected chi connectivity index (χ1v) is 9.34. The molecular formula is C19H24N2OS. The molecule has 0 bridgehead atoms. The highest BCUT2D eigenvalue weighted by atomic mass is 32.2. The van der Waals surface area contributed by atoms with Crippen molar-refractivity contribution < 1.29 is 4.79 Å². The zero-order valence-electron chi connectivity index (χ0n) is 14.1. The molecule has 1 atom stereocenters. The quantitative estimate of drug-likeness (QED) is 0.786. The number of aryl methyl sites for hydroxylation is 2. The summed E-state index contributed by atoms with van der Waals surface area (Å²) in [5, 5.41) is 2.15. The van der Waals surface area contributed by atoms with Crippen molar-refractivity contribution >= 4 is 28.6 Å². The summed E-state index contributed by atoms with van der Waals surface area (Å²) in [6, 6.07) is 8.74. The number of rotatable bonds is 3. The van der Waals surface area contributed by atoms with Crippen LogP contribution in [0.2, 0.25) is 0 Å². The molecule has 122 valence electrons. The first-order valence-electron chi connectivity index (χ1n) is 8.35. The Morgan fingerprint density at radius 3 is 2.91 bits per heavy atom. The molecule has 1 amide bonds. The number of hydrogen-bond donors (Lipinski definition) is 0. The van der Waals surface area contributed by atoms with Gasteiger partial charge in [0.1, 0.15) is 0 Å². The Morgan fingerprint density at radius 1 is 1.30 bits per heavy atom. The van der Waals surface area contributed by atoms with E-state index in [0.717, 1.165) is 29.9 Å². The van der Waals surface area contributed by atoms with Crippen molar-refractivity contribution in [1.29, 1.82) is 0 Å². The minimum atomic E-state index is 0.242.